The average Bonchev–Trinajstić information content (AvgIpc) is 2.33. The van der Waals surface area contributed by atoms with Crippen LogP contribution in [0.15, 0.2) is 42.5 Å². The molecule has 1 N–H and O–H groups in total. The molecule has 0 saturated heterocycles. The van der Waals surface area contributed by atoms with E-state index in [4.69, 9.17) is 11.6 Å². The molecule has 0 unspecified atom stereocenters. The van der Waals surface area contributed by atoms with Crippen LogP contribution in [0.5, 0.6) is 11.5 Å². The van der Waals surface area contributed by atoms with Crippen molar-refractivity contribution in [3.05, 3.63) is 58.6 Å². The van der Waals surface area contributed by atoms with Crippen molar-refractivity contribution in [3.63, 3.8) is 0 Å². The number of phenolic OH excluding ortho intramolecular Hbond substituents is 1. The Morgan fingerprint density at radius 1 is 1.00 bits per heavy atom. The maximum Gasteiger partial charge on any atom is 0.573 e. The van der Waals surface area contributed by atoms with Gasteiger partial charge in [-0.25, -0.2) is 0 Å². The van der Waals surface area contributed by atoms with Gasteiger partial charge < -0.3 is 9.84 Å². The molecule has 0 bridgehead atoms. The summed E-state index contributed by atoms with van der Waals surface area (Å²) < 4.78 is 40.2. The Morgan fingerprint density at radius 2 is 1.71 bits per heavy atom. The molecular formula is C15H10ClF3O2. The fourth-order valence-electron chi connectivity index (χ4n) is 1.70. The van der Waals surface area contributed by atoms with Crippen LogP contribution < -0.4 is 4.74 Å². The highest BCUT2D eigenvalue weighted by molar-refractivity contribution is 6.30. The summed E-state index contributed by atoms with van der Waals surface area (Å²) in [7, 11) is 0. The molecule has 21 heavy (non-hydrogen) atoms. The second kappa shape index (κ2) is 6.10. The monoisotopic (exact) mass is 314 g/mol. The van der Waals surface area contributed by atoms with E-state index in [1.165, 1.54) is 30.3 Å². The second-order valence-electron chi connectivity index (χ2n) is 4.20. The smallest absolute Gasteiger partial charge is 0.508 e. The third-order valence-corrected chi connectivity index (χ3v) is 2.68. The van der Waals surface area contributed by atoms with Gasteiger partial charge in [0.2, 0.25) is 0 Å². The van der Waals surface area contributed by atoms with Gasteiger partial charge in [-0.2, -0.15) is 0 Å². The number of ether oxygens (including phenoxy) is 1. The quantitative estimate of drug-likeness (QED) is 0.797. The molecule has 0 aliphatic rings. The Labute approximate surface area is 124 Å². The number of benzene rings is 2. The molecule has 0 amide bonds. The lowest BCUT2D eigenvalue weighted by molar-refractivity contribution is -0.274. The lowest BCUT2D eigenvalue weighted by atomic mass is 10.1. The van der Waals surface area contributed by atoms with Gasteiger partial charge in [0, 0.05) is 5.02 Å². The van der Waals surface area contributed by atoms with E-state index < -0.39 is 6.36 Å². The molecule has 0 aliphatic heterocycles. The molecule has 0 radical (unpaired) electrons. The minimum Gasteiger partial charge on any atom is -0.508 e. The fourth-order valence-corrected chi connectivity index (χ4v) is 1.94. The molecule has 0 spiro atoms. The van der Waals surface area contributed by atoms with E-state index >= 15 is 0 Å². The summed E-state index contributed by atoms with van der Waals surface area (Å²) in [5, 5.41) is 9.76. The first-order valence-corrected chi connectivity index (χ1v) is 6.23. The first kappa shape index (κ1) is 15.3. The molecule has 0 atom stereocenters. The summed E-state index contributed by atoms with van der Waals surface area (Å²) in [6, 6.07) is 10.0. The summed E-state index contributed by atoms with van der Waals surface area (Å²) in [5.74, 6) is -0.283. The number of aromatic hydroxyl groups is 1. The van der Waals surface area contributed by atoms with Gasteiger partial charge in [0.15, 0.2) is 0 Å². The average molecular weight is 315 g/mol. The van der Waals surface area contributed by atoms with Crippen LogP contribution in [0.4, 0.5) is 13.2 Å². The van der Waals surface area contributed by atoms with Crippen molar-refractivity contribution in [2.45, 2.75) is 6.36 Å². The van der Waals surface area contributed by atoms with E-state index in [1.807, 2.05) is 0 Å². The van der Waals surface area contributed by atoms with Gasteiger partial charge in [-0.15, -0.1) is 13.2 Å². The van der Waals surface area contributed by atoms with Gasteiger partial charge in [-0.05, 0) is 41.5 Å². The minimum absolute atomic E-state index is 0.0105. The molecular weight excluding hydrogens is 305 g/mol. The van der Waals surface area contributed by atoms with Crippen molar-refractivity contribution >= 4 is 23.8 Å². The maximum absolute atomic E-state index is 12.1. The van der Waals surface area contributed by atoms with E-state index in [0.29, 0.717) is 16.1 Å². The number of hydrogen-bond donors (Lipinski definition) is 1. The fraction of sp³-hybridized carbons (Fsp3) is 0.0667. The molecule has 2 aromatic rings. The zero-order chi connectivity index (χ0) is 15.5. The molecule has 2 rings (SSSR count). The Kier molecular flexibility index (Phi) is 4.43. The van der Waals surface area contributed by atoms with Gasteiger partial charge >= 0.3 is 6.36 Å². The van der Waals surface area contributed by atoms with Crippen molar-refractivity contribution in [3.8, 4) is 11.5 Å². The predicted molar refractivity (Wildman–Crippen MR) is 75.2 cm³/mol. The van der Waals surface area contributed by atoms with E-state index in [2.05, 4.69) is 4.74 Å². The molecule has 110 valence electrons. The maximum atomic E-state index is 12.1. The normalized spacial score (nSPS) is 11.8. The Bertz CT molecular complexity index is 646. The van der Waals surface area contributed by atoms with Crippen LogP contribution >= 0.6 is 11.6 Å². The molecule has 2 aromatic carbocycles. The molecule has 0 saturated carbocycles. The van der Waals surface area contributed by atoms with Crippen LogP contribution in [-0.2, 0) is 0 Å². The summed E-state index contributed by atoms with van der Waals surface area (Å²) in [5.41, 5.74) is 1.15. The van der Waals surface area contributed by atoms with E-state index in [1.54, 1.807) is 24.3 Å². The van der Waals surface area contributed by atoms with E-state index in [-0.39, 0.29) is 11.5 Å². The highest BCUT2D eigenvalue weighted by Crippen LogP contribution is 2.25. The van der Waals surface area contributed by atoms with Crippen molar-refractivity contribution in [2.24, 2.45) is 0 Å². The first-order valence-electron chi connectivity index (χ1n) is 5.85. The van der Waals surface area contributed by atoms with Crippen LogP contribution in [0.2, 0.25) is 5.02 Å². The molecule has 0 aliphatic carbocycles. The van der Waals surface area contributed by atoms with Crippen LogP contribution in [0.1, 0.15) is 11.1 Å². The summed E-state index contributed by atoms with van der Waals surface area (Å²) in [4.78, 5) is 0. The van der Waals surface area contributed by atoms with Crippen LogP contribution in [0.3, 0.4) is 0 Å². The van der Waals surface area contributed by atoms with Gasteiger partial charge in [-0.3, -0.25) is 0 Å². The summed E-state index contributed by atoms with van der Waals surface area (Å²) >= 11 is 5.79. The standard InChI is InChI=1S/C15H10ClF3O2/c16-12-6-11(7-13(20)9-12)5-4-10-2-1-3-14(8-10)21-15(17,18)19/h1-9,20H/b5-4+. The van der Waals surface area contributed by atoms with Gasteiger partial charge in [0.25, 0.3) is 0 Å². The van der Waals surface area contributed by atoms with Gasteiger partial charge in [0.05, 0.1) is 0 Å². The third kappa shape index (κ3) is 5.04. The highest BCUT2D eigenvalue weighted by atomic mass is 35.5. The Morgan fingerprint density at radius 3 is 2.38 bits per heavy atom. The number of hydrogen-bond acceptors (Lipinski definition) is 2. The zero-order valence-corrected chi connectivity index (χ0v) is 11.3. The third-order valence-electron chi connectivity index (χ3n) is 2.46. The van der Waals surface area contributed by atoms with E-state index in [9.17, 15) is 18.3 Å². The van der Waals surface area contributed by atoms with Crippen molar-refractivity contribution in [2.75, 3.05) is 0 Å². The number of alkyl halides is 3. The lowest BCUT2D eigenvalue weighted by Gasteiger charge is -2.08. The van der Waals surface area contributed by atoms with Crippen LogP contribution in [0.25, 0.3) is 12.2 Å². The Balaban J connectivity index is 2.19. The molecule has 0 heterocycles. The summed E-state index contributed by atoms with van der Waals surface area (Å²) in [6.45, 7) is 0. The lowest BCUT2D eigenvalue weighted by Crippen LogP contribution is -2.17. The number of rotatable bonds is 3. The van der Waals surface area contributed by atoms with Gasteiger partial charge in [-0.1, -0.05) is 35.9 Å². The topological polar surface area (TPSA) is 29.5 Å². The van der Waals surface area contributed by atoms with Crippen molar-refractivity contribution < 1.29 is 23.0 Å². The minimum atomic E-state index is -4.72. The highest BCUT2D eigenvalue weighted by Gasteiger charge is 2.30. The van der Waals surface area contributed by atoms with Crippen molar-refractivity contribution in [1.82, 2.24) is 0 Å². The largest absolute Gasteiger partial charge is 0.573 e. The number of phenols is 1. The number of halogens is 4. The second-order valence-corrected chi connectivity index (χ2v) is 4.63. The molecule has 6 heteroatoms. The first-order chi connectivity index (χ1) is 9.82. The SMILES string of the molecule is Oc1cc(Cl)cc(/C=C/c2cccc(OC(F)(F)F)c2)c1. The zero-order valence-electron chi connectivity index (χ0n) is 10.6. The van der Waals surface area contributed by atoms with Crippen molar-refractivity contribution in [1.29, 1.82) is 0 Å². The molecule has 0 fully saturated rings. The predicted octanol–water partition coefficient (Wildman–Crippen LogP) is 5.11. The van der Waals surface area contributed by atoms with Crippen LogP contribution in [-0.4, -0.2) is 11.5 Å². The Hall–Kier alpha value is -2.14. The van der Waals surface area contributed by atoms with Crippen LogP contribution in [0, 0.1) is 0 Å². The molecule has 0 aromatic heterocycles. The summed E-state index contributed by atoms with van der Waals surface area (Å²) in [6.07, 6.45) is -1.51. The molecule has 2 nitrogen and oxygen atoms in total. The van der Waals surface area contributed by atoms with Gasteiger partial charge in [0.1, 0.15) is 11.5 Å². The van der Waals surface area contributed by atoms with E-state index in [0.717, 1.165) is 0 Å².